The number of hydrogen-bond acceptors (Lipinski definition) is 6. The van der Waals surface area contributed by atoms with Crippen molar-refractivity contribution in [2.75, 3.05) is 7.11 Å². The minimum atomic E-state index is -5.35. The maximum Gasteiger partial charge on any atom is 0.434 e. The lowest BCUT2D eigenvalue weighted by molar-refractivity contribution is -0.256. The molecule has 1 rings (SSSR count). The van der Waals surface area contributed by atoms with Gasteiger partial charge in [-0.15, -0.1) is 11.8 Å². The van der Waals surface area contributed by atoms with Crippen LogP contribution in [0.4, 0.5) is 22.0 Å². The second kappa shape index (κ2) is 7.14. The summed E-state index contributed by atoms with van der Waals surface area (Å²) in [6, 6.07) is 0. The van der Waals surface area contributed by atoms with E-state index in [2.05, 4.69) is 9.72 Å². The molecule has 140 valence electrons. The van der Waals surface area contributed by atoms with Gasteiger partial charge in [0.1, 0.15) is 11.3 Å². The van der Waals surface area contributed by atoms with E-state index in [-0.39, 0.29) is 0 Å². The summed E-state index contributed by atoms with van der Waals surface area (Å²) in [5, 5.41) is 11.3. The molecule has 0 fully saturated rings. The molecular formula is C14H13F5NO4S-. The summed E-state index contributed by atoms with van der Waals surface area (Å²) in [6.07, 6.45) is -8.91. The van der Waals surface area contributed by atoms with Gasteiger partial charge in [0.2, 0.25) is 0 Å². The van der Waals surface area contributed by atoms with Crippen molar-refractivity contribution in [1.82, 2.24) is 4.98 Å². The minimum Gasteiger partial charge on any atom is -0.545 e. The van der Waals surface area contributed by atoms with Gasteiger partial charge in [-0.05, 0) is 0 Å². The normalized spacial score (nSPS) is 12.4. The number of carboxylic acid groups (broad SMARTS) is 1. The second-order valence-electron chi connectivity index (χ2n) is 5.72. The topological polar surface area (TPSA) is 79.3 Å². The van der Waals surface area contributed by atoms with Crippen LogP contribution in [0.1, 0.15) is 59.3 Å². The van der Waals surface area contributed by atoms with Crippen LogP contribution < -0.4 is 5.11 Å². The highest BCUT2D eigenvalue weighted by atomic mass is 32.2. The largest absolute Gasteiger partial charge is 0.545 e. The fourth-order valence-corrected chi connectivity index (χ4v) is 3.03. The number of carboxylic acids is 1. The van der Waals surface area contributed by atoms with Gasteiger partial charge in [0.15, 0.2) is 5.69 Å². The van der Waals surface area contributed by atoms with Crippen LogP contribution in [0.2, 0.25) is 0 Å². The Balaban J connectivity index is 4.08. The lowest BCUT2D eigenvalue weighted by Gasteiger charge is -2.25. The highest BCUT2D eigenvalue weighted by Crippen LogP contribution is 2.43. The van der Waals surface area contributed by atoms with Crippen molar-refractivity contribution in [3.05, 3.63) is 22.5 Å². The Bertz CT molecular complexity index is 698. The van der Waals surface area contributed by atoms with Gasteiger partial charge < -0.3 is 14.6 Å². The number of aromatic carboxylic acids is 1. The second-order valence-corrected chi connectivity index (χ2v) is 7.55. The van der Waals surface area contributed by atoms with Crippen molar-refractivity contribution < 1.29 is 41.4 Å². The molecule has 0 spiro atoms. The molecular weight excluding hydrogens is 373 g/mol. The highest BCUT2D eigenvalue weighted by molar-refractivity contribution is 8.00. The number of pyridine rings is 1. The van der Waals surface area contributed by atoms with Crippen molar-refractivity contribution in [2.45, 2.75) is 43.0 Å². The zero-order valence-electron chi connectivity index (χ0n) is 13.5. The Morgan fingerprint density at radius 1 is 1.16 bits per heavy atom. The van der Waals surface area contributed by atoms with Gasteiger partial charge in [-0.2, -0.15) is 13.2 Å². The van der Waals surface area contributed by atoms with Crippen LogP contribution in [0, 0.1) is 0 Å². The number of methoxy groups -OCH3 is 1. The lowest BCUT2D eigenvalue weighted by atomic mass is 10.1. The van der Waals surface area contributed by atoms with E-state index < -0.39 is 56.7 Å². The molecule has 0 unspecified atom stereocenters. The number of nitrogens with zero attached hydrogens (tertiary/aromatic N) is 1. The fourth-order valence-electron chi connectivity index (χ4n) is 1.84. The van der Waals surface area contributed by atoms with Gasteiger partial charge >= 0.3 is 12.1 Å². The monoisotopic (exact) mass is 386 g/mol. The van der Waals surface area contributed by atoms with Gasteiger partial charge in [-0.3, -0.25) is 0 Å². The third-order valence-electron chi connectivity index (χ3n) is 2.66. The average molecular weight is 386 g/mol. The fraction of sp³-hybridized carbons (Fsp3) is 0.500. The zero-order valence-corrected chi connectivity index (χ0v) is 14.3. The van der Waals surface area contributed by atoms with Crippen molar-refractivity contribution in [2.24, 2.45) is 0 Å². The number of esters is 1. The maximum absolute atomic E-state index is 13.2. The number of hydrogen-bond donors (Lipinski definition) is 0. The van der Waals surface area contributed by atoms with Crippen LogP contribution in [0.15, 0.2) is 4.90 Å². The summed E-state index contributed by atoms with van der Waals surface area (Å²) in [5.74, 6) is -3.72. The average Bonchev–Trinajstić information content (AvgIpc) is 2.41. The van der Waals surface area contributed by atoms with Crippen LogP contribution in [0.5, 0.6) is 0 Å². The zero-order chi connectivity index (χ0) is 19.7. The molecule has 25 heavy (non-hydrogen) atoms. The van der Waals surface area contributed by atoms with E-state index in [9.17, 15) is 36.6 Å². The van der Waals surface area contributed by atoms with E-state index in [0.717, 1.165) is 7.11 Å². The Morgan fingerprint density at radius 3 is 2.00 bits per heavy atom. The molecule has 0 aliphatic heterocycles. The van der Waals surface area contributed by atoms with E-state index >= 15 is 0 Å². The Morgan fingerprint density at radius 2 is 1.68 bits per heavy atom. The van der Waals surface area contributed by atoms with Crippen LogP contribution >= 0.6 is 11.8 Å². The van der Waals surface area contributed by atoms with Crippen molar-refractivity contribution in [3.63, 3.8) is 0 Å². The standard InChI is InChI=1S/C14H14F5NO4S/c1-13(2,3)25-8-5(12(23)24-4)7(10(15)16)20-9(14(17,18)19)6(8)11(21)22/h10H,1-4H3,(H,21,22)/p-1. The number of carbonyl (C=O) groups excluding carboxylic acids is 2. The number of halogens is 5. The summed E-state index contributed by atoms with van der Waals surface area (Å²) < 4.78 is 69.3. The van der Waals surface area contributed by atoms with Crippen molar-refractivity contribution in [3.8, 4) is 0 Å². The van der Waals surface area contributed by atoms with Gasteiger partial charge in [0.25, 0.3) is 6.43 Å². The first kappa shape index (κ1) is 21.1. The molecule has 11 heteroatoms. The molecule has 1 heterocycles. The first-order valence-corrected chi connectivity index (χ1v) is 7.44. The van der Waals surface area contributed by atoms with E-state index in [1.807, 2.05) is 0 Å². The molecule has 0 saturated carbocycles. The van der Waals surface area contributed by atoms with Gasteiger partial charge in [0.05, 0.1) is 13.1 Å². The highest BCUT2D eigenvalue weighted by Gasteiger charge is 2.41. The molecule has 5 nitrogen and oxygen atoms in total. The van der Waals surface area contributed by atoms with Crippen LogP contribution in [-0.2, 0) is 10.9 Å². The number of rotatable bonds is 4. The summed E-state index contributed by atoms with van der Waals surface area (Å²) in [5.41, 5.74) is -6.06. The number of alkyl halides is 5. The molecule has 0 aliphatic rings. The first-order chi connectivity index (χ1) is 11.2. The quantitative estimate of drug-likeness (QED) is 0.450. The minimum absolute atomic E-state index is 0.493. The summed E-state index contributed by atoms with van der Waals surface area (Å²) in [7, 11) is 0.819. The third kappa shape index (κ3) is 4.80. The maximum atomic E-state index is 13.2. The molecule has 0 N–H and O–H groups in total. The third-order valence-corrected chi connectivity index (χ3v) is 3.88. The smallest absolute Gasteiger partial charge is 0.434 e. The molecule has 0 bridgehead atoms. The Kier molecular flexibility index (Phi) is 6.04. The first-order valence-electron chi connectivity index (χ1n) is 6.62. The predicted molar refractivity (Wildman–Crippen MR) is 75.5 cm³/mol. The van der Waals surface area contributed by atoms with E-state index in [1.165, 1.54) is 20.8 Å². The van der Waals surface area contributed by atoms with Gasteiger partial charge in [-0.1, -0.05) is 20.8 Å². The molecule has 0 aliphatic carbocycles. The Hall–Kier alpha value is -1.91. The van der Waals surface area contributed by atoms with Crippen molar-refractivity contribution >= 4 is 23.7 Å². The van der Waals surface area contributed by atoms with Gasteiger partial charge in [0, 0.05) is 15.2 Å². The molecule has 0 amide bonds. The number of aromatic nitrogens is 1. The van der Waals surface area contributed by atoms with E-state index in [1.54, 1.807) is 0 Å². The molecule has 1 aromatic heterocycles. The molecule has 0 radical (unpaired) electrons. The molecule has 0 saturated heterocycles. The number of thioether (sulfide) groups is 1. The van der Waals surface area contributed by atoms with Gasteiger partial charge in [-0.25, -0.2) is 18.6 Å². The summed E-state index contributed by atoms with van der Waals surface area (Å²) in [6.45, 7) is 4.48. The molecule has 0 atom stereocenters. The Labute approximate surface area is 143 Å². The van der Waals surface area contributed by atoms with Crippen LogP contribution in [-0.4, -0.2) is 28.8 Å². The number of ether oxygens (including phenoxy) is 1. The molecule has 0 aromatic carbocycles. The van der Waals surface area contributed by atoms with E-state index in [4.69, 9.17) is 0 Å². The predicted octanol–water partition coefficient (Wildman–Crippen LogP) is 3.08. The molecule has 1 aromatic rings. The summed E-state index contributed by atoms with van der Waals surface area (Å²) in [4.78, 5) is 25.1. The van der Waals surface area contributed by atoms with Crippen LogP contribution in [0.3, 0.4) is 0 Å². The van der Waals surface area contributed by atoms with E-state index in [0.29, 0.717) is 11.8 Å². The number of carbonyl (C=O) groups is 2. The summed E-state index contributed by atoms with van der Waals surface area (Å²) >= 11 is 0.493. The SMILES string of the molecule is COC(=O)c1c(C(F)F)nc(C(F)(F)F)c(C(=O)[O-])c1SC(C)(C)C. The lowest BCUT2D eigenvalue weighted by Crippen LogP contribution is -2.31. The van der Waals surface area contributed by atoms with Crippen LogP contribution in [0.25, 0.3) is 0 Å². The van der Waals surface area contributed by atoms with Crippen molar-refractivity contribution in [1.29, 1.82) is 0 Å².